The third kappa shape index (κ3) is 4.27. The minimum absolute atomic E-state index is 0.00375. The van der Waals surface area contributed by atoms with Crippen LogP contribution in [0.5, 0.6) is 0 Å². The van der Waals surface area contributed by atoms with Crippen molar-refractivity contribution in [2.45, 2.75) is 13.0 Å². The summed E-state index contributed by atoms with van der Waals surface area (Å²) in [5.41, 5.74) is 1.48. The van der Waals surface area contributed by atoms with E-state index in [1.165, 1.54) is 4.73 Å². The van der Waals surface area contributed by atoms with Crippen LogP contribution in [0.2, 0.25) is 0 Å². The van der Waals surface area contributed by atoms with Gasteiger partial charge in [0, 0.05) is 18.1 Å². The zero-order valence-electron chi connectivity index (χ0n) is 15.1. The van der Waals surface area contributed by atoms with E-state index in [0.29, 0.717) is 16.3 Å². The Morgan fingerprint density at radius 1 is 1.22 bits per heavy atom. The van der Waals surface area contributed by atoms with E-state index >= 15 is 0 Å². The van der Waals surface area contributed by atoms with Crippen LogP contribution in [0.3, 0.4) is 0 Å². The monoisotopic (exact) mass is 383 g/mol. The molecule has 0 spiro atoms. The van der Waals surface area contributed by atoms with Gasteiger partial charge in [0.05, 0.1) is 11.6 Å². The molecule has 2 N–H and O–H groups in total. The van der Waals surface area contributed by atoms with Gasteiger partial charge in [-0.2, -0.15) is 0 Å². The molecular weight excluding hydrogens is 362 g/mol. The minimum atomic E-state index is -0.696. The van der Waals surface area contributed by atoms with Gasteiger partial charge in [0.1, 0.15) is 12.3 Å². The Bertz CT molecular complexity index is 1000. The number of nitrogens with zero attached hydrogens (tertiary/aromatic N) is 2. The van der Waals surface area contributed by atoms with Gasteiger partial charge in [-0.15, -0.1) is 4.73 Å². The van der Waals surface area contributed by atoms with Crippen LogP contribution in [-0.4, -0.2) is 34.7 Å². The number of fused-ring (bicyclic) bond motifs is 1. The zero-order chi connectivity index (χ0) is 19.4. The third-order valence-corrected chi connectivity index (χ3v) is 4.36. The van der Waals surface area contributed by atoms with Crippen molar-refractivity contribution in [1.82, 2.24) is 4.73 Å². The predicted octanol–water partition coefficient (Wildman–Crippen LogP) is 2.64. The van der Waals surface area contributed by atoms with Crippen LogP contribution in [0.1, 0.15) is 6.92 Å². The number of aromatic nitrogens is 1. The molecule has 1 heterocycles. The van der Waals surface area contributed by atoms with Crippen molar-refractivity contribution in [1.29, 1.82) is 0 Å². The van der Waals surface area contributed by atoms with E-state index in [0.717, 1.165) is 11.1 Å². The molecule has 1 unspecified atom stereocenters. The van der Waals surface area contributed by atoms with Crippen molar-refractivity contribution in [3.05, 3.63) is 71.0 Å². The van der Waals surface area contributed by atoms with E-state index in [1.807, 2.05) is 48.5 Å². The minimum Gasteiger partial charge on any atom is -0.407 e. The second-order valence-corrected chi connectivity index (χ2v) is 6.57. The number of aliphatic hydroxyl groups is 1. The maximum absolute atomic E-state index is 13.0. The quantitative estimate of drug-likeness (QED) is 0.661. The summed E-state index contributed by atoms with van der Waals surface area (Å²) in [6.07, 6.45) is -0.696. The number of benzene rings is 2. The van der Waals surface area contributed by atoms with Crippen LogP contribution in [0.25, 0.3) is 10.9 Å². The first-order valence-corrected chi connectivity index (χ1v) is 8.94. The smallest absolute Gasteiger partial charge is 0.307 e. The average Bonchev–Trinajstić information content (AvgIpc) is 2.67. The number of pyridine rings is 1. The number of rotatable bonds is 5. The summed E-state index contributed by atoms with van der Waals surface area (Å²) >= 11 is 5.46. The fourth-order valence-corrected chi connectivity index (χ4v) is 2.82. The van der Waals surface area contributed by atoms with Crippen molar-refractivity contribution >= 4 is 39.6 Å². The summed E-state index contributed by atoms with van der Waals surface area (Å²) in [6, 6.07) is 18.7. The van der Waals surface area contributed by atoms with E-state index in [-0.39, 0.29) is 12.2 Å². The molecule has 0 saturated carbocycles. The number of para-hydroxylation sites is 2. The van der Waals surface area contributed by atoms with Crippen molar-refractivity contribution in [2.75, 3.05) is 23.9 Å². The second kappa shape index (κ2) is 8.20. The van der Waals surface area contributed by atoms with E-state index in [2.05, 4.69) is 5.32 Å². The van der Waals surface area contributed by atoms with Crippen molar-refractivity contribution in [3.63, 3.8) is 0 Å². The fraction of sp³-hybridized carbons (Fsp3) is 0.200. The lowest BCUT2D eigenvalue weighted by atomic mass is 10.2. The van der Waals surface area contributed by atoms with Crippen LogP contribution in [0.4, 0.5) is 11.4 Å². The summed E-state index contributed by atoms with van der Waals surface area (Å²) in [5, 5.41) is 13.9. The molecule has 6 nitrogen and oxygen atoms in total. The van der Waals surface area contributed by atoms with Crippen molar-refractivity contribution < 1.29 is 9.94 Å². The Morgan fingerprint density at radius 3 is 2.59 bits per heavy atom. The molecule has 0 saturated heterocycles. The molecule has 27 heavy (non-hydrogen) atoms. The number of hydrogen-bond acceptors (Lipinski definition) is 4. The van der Waals surface area contributed by atoms with Crippen LogP contribution in [0.15, 0.2) is 65.5 Å². The van der Waals surface area contributed by atoms with Gasteiger partial charge in [-0.3, -0.25) is 4.79 Å². The summed E-state index contributed by atoms with van der Waals surface area (Å²) in [6.45, 7) is 1.60. The SMILES string of the molecule is CC(O)COn1c(=O)c(N(C)C(=S)Nc2ccccc2)cc2ccccc21. The molecule has 0 amide bonds. The average molecular weight is 383 g/mol. The first-order chi connectivity index (χ1) is 13.0. The van der Waals surface area contributed by atoms with Gasteiger partial charge in [-0.25, -0.2) is 0 Å². The highest BCUT2D eigenvalue weighted by Crippen LogP contribution is 2.18. The molecule has 140 valence electrons. The summed E-state index contributed by atoms with van der Waals surface area (Å²) in [7, 11) is 1.72. The summed E-state index contributed by atoms with van der Waals surface area (Å²) in [5.74, 6) is 0. The molecule has 1 atom stereocenters. The maximum Gasteiger partial charge on any atom is 0.307 e. The topological polar surface area (TPSA) is 66.7 Å². The normalized spacial score (nSPS) is 11.8. The number of anilines is 2. The van der Waals surface area contributed by atoms with Crippen LogP contribution < -0.4 is 20.6 Å². The highest BCUT2D eigenvalue weighted by molar-refractivity contribution is 7.80. The molecule has 0 fully saturated rings. The van der Waals surface area contributed by atoms with E-state index in [1.54, 1.807) is 31.0 Å². The molecule has 3 aromatic rings. The molecule has 0 radical (unpaired) electrons. The molecule has 0 aliphatic carbocycles. The number of hydrogen-bond donors (Lipinski definition) is 2. The molecular formula is C20H21N3O3S. The predicted molar refractivity (Wildman–Crippen MR) is 112 cm³/mol. The summed E-state index contributed by atoms with van der Waals surface area (Å²) in [4.78, 5) is 20.2. The third-order valence-electron chi connectivity index (χ3n) is 3.99. The van der Waals surface area contributed by atoms with E-state index in [4.69, 9.17) is 17.1 Å². The molecule has 0 aliphatic rings. The largest absolute Gasteiger partial charge is 0.407 e. The molecule has 3 rings (SSSR count). The highest BCUT2D eigenvalue weighted by Gasteiger charge is 2.17. The highest BCUT2D eigenvalue weighted by atomic mass is 32.1. The Balaban J connectivity index is 1.99. The van der Waals surface area contributed by atoms with E-state index in [9.17, 15) is 9.90 Å². The standard InChI is InChI=1S/C20H21N3O3S/c1-14(24)13-26-23-17-11-7-6-8-15(17)12-18(19(23)25)22(2)20(27)21-16-9-4-3-5-10-16/h3-12,14,24H,13H2,1-2H3,(H,21,27). The molecule has 7 heteroatoms. The van der Waals surface area contributed by atoms with Gasteiger partial charge in [-0.05, 0) is 43.4 Å². The Morgan fingerprint density at radius 2 is 1.89 bits per heavy atom. The van der Waals surface area contributed by atoms with Gasteiger partial charge >= 0.3 is 5.56 Å². The van der Waals surface area contributed by atoms with Crippen LogP contribution >= 0.6 is 12.2 Å². The first-order valence-electron chi connectivity index (χ1n) is 8.53. The Kier molecular flexibility index (Phi) is 5.73. The van der Waals surface area contributed by atoms with E-state index < -0.39 is 6.10 Å². The van der Waals surface area contributed by atoms with Gasteiger partial charge in [0.25, 0.3) is 0 Å². The lowest BCUT2D eigenvalue weighted by molar-refractivity contribution is 0.0365. The molecule has 1 aromatic heterocycles. The molecule has 0 bridgehead atoms. The first kappa shape index (κ1) is 18.9. The number of nitrogens with one attached hydrogen (secondary N) is 1. The summed E-state index contributed by atoms with van der Waals surface area (Å²) < 4.78 is 1.21. The van der Waals surface area contributed by atoms with Crippen LogP contribution in [0, 0.1) is 0 Å². The lowest BCUT2D eigenvalue weighted by Gasteiger charge is -2.22. The Labute approximate surface area is 162 Å². The number of thiocarbonyl (C=S) groups is 1. The lowest BCUT2D eigenvalue weighted by Crippen LogP contribution is -2.39. The van der Waals surface area contributed by atoms with Gasteiger partial charge in [0.2, 0.25) is 0 Å². The van der Waals surface area contributed by atoms with Crippen molar-refractivity contribution in [2.24, 2.45) is 0 Å². The van der Waals surface area contributed by atoms with Gasteiger partial charge in [-0.1, -0.05) is 36.4 Å². The zero-order valence-corrected chi connectivity index (χ0v) is 15.9. The number of aliphatic hydroxyl groups excluding tert-OH is 1. The molecule has 0 aliphatic heterocycles. The molecule has 2 aromatic carbocycles. The van der Waals surface area contributed by atoms with Crippen LogP contribution in [-0.2, 0) is 0 Å². The Hall–Kier alpha value is -2.90. The van der Waals surface area contributed by atoms with Gasteiger partial charge < -0.3 is 20.2 Å². The van der Waals surface area contributed by atoms with Crippen molar-refractivity contribution in [3.8, 4) is 0 Å². The second-order valence-electron chi connectivity index (χ2n) is 6.19. The maximum atomic E-state index is 13.0. The van der Waals surface area contributed by atoms with Gasteiger partial charge in [0.15, 0.2) is 5.11 Å². The fourth-order valence-electron chi connectivity index (χ4n) is 2.61.